The van der Waals surface area contributed by atoms with Gasteiger partial charge in [-0.3, -0.25) is 9.38 Å². The third kappa shape index (κ3) is 4.24. The summed E-state index contributed by atoms with van der Waals surface area (Å²) in [4.78, 5) is 8.97. The van der Waals surface area contributed by atoms with E-state index in [2.05, 4.69) is 9.97 Å². The van der Waals surface area contributed by atoms with Crippen LogP contribution in [0.2, 0.25) is 0 Å². The molecule has 4 aromatic rings. The topological polar surface area (TPSA) is 92.0 Å². The van der Waals surface area contributed by atoms with Crippen molar-refractivity contribution in [3.05, 3.63) is 60.6 Å². The van der Waals surface area contributed by atoms with Gasteiger partial charge in [-0.1, -0.05) is 18.2 Å². The Balaban J connectivity index is 1.82. The normalized spacial score (nSPS) is 11.5. The van der Waals surface area contributed by atoms with Gasteiger partial charge in [-0.05, 0) is 23.8 Å². The number of fused-ring (bicyclic) bond motifs is 1. The minimum absolute atomic E-state index is 0.0230. The Kier molecular flexibility index (Phi) is 5.75. The van der Waals surface area contributed by atoms with E-state index in [0.717, 1.165) is 16.8 Å². The van der Waals surface area contributed by atoms with E-state index in [1.54, 1.807) is 39.8 Å². The number of rotatable bonds is 7. The lowest BCUT2D eigenvalue weighted by molar-refractivity contribution is 0.324. The molecule has 166 valence electrons. The van der Waals surface area contributed by atoms with E-state index in [1.165, 1.54) is 6.26 Å². The van der Waals surface area contributed by atoms with E-state index in [-0.39, 0.29) is 5.75 Å². The lowest BCUT2D eigenvalue weighted by atomic mass is 10.1. The Bertz CT molecular complexity index is 1370. The molecule has 0 fully saturated rings. The first-order chi connectivity index (χ1) is 15.3. The van der Waals surface area contributed by atoms with Crippen LogP contribution in [0.3, 0.4) is 0 Å². The van der Waals surface area contributed by atoms with Crippen LogP contribution >= 0.6 is 0 Å². The molecular weight excluding hydrogens is 430 g/mol. The zero-order chi connectivity index (χ0) is 22.9. The van der Waals surface area contributed by atoms with Crippen molar-refractivity contribution in [2.24, 2.45) is 0 Å². The summed E-state index contributed by atoms with van der Waals surface area (Å²) in [7, 11) is 1.57. The molecule has 2 heterocycles. The van der Waals surface area contributed by atoms with Gasteiger partial charge in [-0.2, -0.15) is 0 Å². The number of aromatic nitrogens is 3. The minimum Gasteiger partial charge on any atom is -0.493 e. The minimum atomic E-state index is -3.13. The highest BCUT2D eigenvalue weighted by molar-refractivity contribution is 7.89. The molecule has 0 saturated carbocycles. The Morgan fingerprint density at radius 2 is 1.62 bits per heavy atom. The Morgan fingerprint density at radius 1 is 0.906 bits per heavy atom. The molecule has 0 spiro atoms. The van der Waals surface area contributed by atoms with Crippen molar-refractivity contribution in [3.63, 3.8) is 0 Å². The van der Waals surface area contributed by atoms with Crippen molar-refractivity contribution in [3.8, 4) is 39.8 Å². The van der Waals surface area contributed by atoms with Gasteiger partial charge in [0.2, 0.25) is 5.75 Å². The second-order valence-electron chi connectivity index (χ2n) is 7.33. The lowest BCUT2D eigenvalue weighted by Crippen LogP contribution is -2.01. The molecule has 0 aliphatic rings. The number of imidazole rings is 1. The van der Waals surface area contributed by atoms with E-state index < -0.39 is 9.84 Å². The fraction of sp³-hybridized carbons (Fsp3) is 0.217. The molecular formula is C23H23N3O5S. The molecule has 4 rings (SSSR count). The molecule has 9 heteroatoms. The highest BCUT2D eigenvalue weighted by atomic mass is 32.2. The van der Waals surface area contributed by atoms with E-state index >= 15 is 0 Å². The van der Waals surface area contributed by atoms with Crippen molar-refractivity contribution in [1.82, 2.24) is 14.4 Å². The summed E-state index contributed by atoms with van der Waals surface area (Å²) < 4.78 is 41.7. The fourth-order valence-corrected chi connectivity index (χ4v) is 4.39. The molecule has 0 aliphatic carbocycles. The quantitative estimate of drug-likeness (QED) is 0.422. The first-order valence-electron chi connectivity index (χ1n) is 9.73. The molecule has 8 nitrogen and oxygen atoms in total. The molecule has 0 bridgehead atoms. The van der Waals surface area contributed by atoms with Crippen molar-refractivity contribution in [2.75, 3.05) is 27.6 Å². The van der Waals surface area contributed by atoms with Gasteiger partial charge in [-0.15, -0.1) is 0 Å². The van der Waals surface area contributed by atoms with Gasteiger partial charge in [0.05, 0.1) is 50.9 Å². The number of hydrogen-bond donors (Lipinski definition) is 0. The molecule has 0 unspecified atom stereocenters. The molecule has 0 radical (unpaired) electrons. The summed E-state index contributed by atoms with van der Waals surface area (Å²) >= 11 is 0. The second kappa shape index (κ2) is 8.51. The van der Waals surface area contributed by atoms with Crippen molar-refractivity contribution < 1.29 is 22.6 Å². The Hall–Kier alpha value is -3.59. The van der Waals surface area contributed by atoms with Crippen molar-refractivity contribution in [1.29, 1.82) is 0 Å². The number of hydrogen-bond acceptors (Lipinski definition) is 7. The Labute approximate surface area is 186 Å². The van der Waals surface area contributed by atoms with Crippen LogP contribution in [0, 0.1) is 0 Å². The summed E-state index contributed by atoms with van der Waals surface area (Å²) in [5.74, 6) is 1.57. The predicted octanol–water partition coefficient (Wildman–Crippen LogP) is 3.63. The summed E-state index contributed by atoms with van der Waals surface area (Å²) in [6, 6.07) is 11.1. The second-order valence-corrected chi connectivity index (χ2v) is 9.47. The van der Waals surface area contributed by atoms with Gasteiger partial charge in [0.15, 0.2) is 27.0 Å². The monoisotopic (exact) mass is 453 g/mol. The lowest BCUT2D eigenvalue weighted by Gasteiger charge is -2.14. The van der Waals surface area contributed by atoms with Crippen LogP contribution in [0.4, 0.5) is 0 Å². The maximum Gasteiger partial charge on any atom is 0.203 e. The van der Waals surface area contributed by atoms with Gasteiger partial charge in [0.25, 0.3) is 0 Å². The van der Waals surface area contributed by atoms with E-state index in [4.69, 9.17) is 14.2 Å². The first-order valence-corrected chi connectivity index (χ1v) is 11.8. The molecule has 2 aromatic carbocycles. The maximum atomic E-state index is 11.7. The van der Waals surface area contributed by atoms with Gasteiger partial charge < -0.3 is 14.2 Å². The van der Waals surface area contributed by atoms with Crippen LogP contribution in [0.1, 0.15) is 5.56 Å². The molecule has 0 N–H and O–H groups in total. The average Bonchev–Trinajstić information content (AvgIpc) is 3.20. The van der Waals surface area contributed by atoms with Crippen LogP contribution in [-0.2, 0) is 15.6 Å². The van der Waals surface area contributed by atoms with Gasteiger partial charge in [0, 0.05) is 23.6 Å². The van der Waals surface area contributed by atoms with Crippen molar-refractivity contribution in [2.45, 2.75) is 5.75 Å². The number of nitrogens with zero attached hydrogens (tertiary/aromatic N) is 3. The standard InChI is InChI=1S/C23H23N3O5S/c1-29-20-9-17(10-21(30-2)23(20)31-3)19-11-25-22-12-24-18(13-26(19)22)16-7-5-6-15(8-16)14-32(4,27)28/h5-13H,14H2,1-4H3. The predicted molar refractivity (Wildman–Crippen MR) is 122 cm³/mol. The van der Waals surface area contributed by atoms with Crippen LogP contribution in [0.5, 0.6) is 17.2 Å². The van der Waals surface area contributed by atoms with Crippen LogP contribution in [0.25, 0.3) is 28.2 Å². The largest absolute Gasteiger partial charge is 0.493 e. The molecule has 0 saturated heterocycles. The summed E-state index contributed by atoms with van der Waals surface area (Å²) in [5.41, 5.74) is 4.54. The van der Waals surface area contributed by atoms with Crippen LogP contribution in [-0.4, -0.2) is 50.4 Å². The molecule has 0 aliphatic heterocycles. The third-order valence-electron chi connectivity index (χ3n) is 5.01. The van der Waals surface area contributed by atoms with E-state index in [9.17, 15) is 8.42 Å². The molecule has 0 amide bonds. The Morgan fingerprint density at radius 3 is 2.25 bits per heavy atom. The molecule has 32 heavy (non-hydrogen) atoms. The van der Waals surface area contributed by atoms with Gasteiger partial charge in [0.1, 0.15) is 0 Å². The third-order valence-corrected chi connectivity index (χ3v) is 5.87. The highest BCUT2D eigenvalue weighted by Crippen LogP contribution is 2.41. The van der Waals surface area contributed by atoms with E-state index in [1.807, 2.05) is 40.9 Å². The highest BCUT2D eigenvalue weighted by Gasteiger charge is 2.17. The number of methoxy groups -OCH3 is 3. The van der Waals surface area contributed by atoms with Crippen LogP contribution in [0.15, 0.2) is 55.0 Å². The average molecular weight is 454 g/mol. The summed E-state index contributed by atoms with van der Waals surface area (Å²) in [6.07, 6.45) is 6.53. The SMILES string of the molecule is COc1cc(-c2cnc3cnc(-c4cccc(CS(C)(=O)=O)c4)cn23)cc(OC)c1OC. The summed E-state index contributed by atoms with van der Waals surface area (Å²) in [5, 5.41) is 0. The van der Waals surface area contributed by atoms with Crippen LogP contribution < -0.4 is 14.2 Å². The van der Waals surface area contributed by atoms with E-state index in [0.29, 0.717) is 34.2 Å². The molecule has 2 aromatic heterocycles. The maximum absolute atomic E-state index is 11.7. The number of benzene rings is 2. The number of sulfone groups is 1. The van der Waals surface area contributed by atoms with Gasteiger partial charge >= 0.3 is 0 Å². The molecule has 0 atom stereocenters. The number of ether oxygens (including phenoxy) is 3. The zero-order valence-corrected chi connectivity index (χ0v) is 19.0. The van der Waals surface area contributed by atoms with Gasteiger partial charge in [-0.25, -0.2) is 13.4 Å². The fourth-order valence-electron chi connectivity index (χ4n) is 3.60. The van der Waals surface area contributed by atoms with Crippen molar-refractivity contribution >= 4 is 15.5 Å². The summed E-state index contributed by atoms with van der Waals surface area (Å²) in [6.45, 7) is 0. The zero-order valence-electron chi connectivity index (χ0n) is 18.2. The first kappa shape index (κ1) is 21.6. The smallest absolute Gasteiger partial charge is 0.203 e.